The number of aryl methyl sites for hydroxylation is 1. The molecule has 2 heterocycles. The lowest BCUT2D eigenvalue weighted by atomic mass is 10.1. The smallest absolute Gasteiger partial charge is 0.277 e. The molecule has 0 amide bonds. The van der Waals surface area contributed by atoms with E-state index in [4.69, 9.17) is 0 Å². The van der Waals surface area contributed by atoms with Crippen LogP contribution >= 0.6 is 11.3 Å². The Bertz CT molecular complexity index is 816. The van der Waals surface area contributed by atoms with Crippen molar-refractivity contribution in [2.24, 2.45) is 0 Å². The average molecular weight is 300 g/mol. The molecule has 0 bridgehead atoms. The number of thiazole rings is 1. The van der Waals surface area contributed by atoms with Crippen LogP contribution < -0.4 is 5.32 Å². The molecule has 0 saturated carbocycles. The molecular weight excluding hydrogens is 288 g/mol. The van der Waals surface area contributed by atoms with Crippen LogP contribution in [0.2, 0.25) is 0 Å². The first-order valence-electron chi connectivity index (χ1n) is 6.31. The number of fused-ring (bicyclic) bond motifs is 1. The number of nitro groups is 1. The Morgan fingerprint density at radius 3 is 2.90 bits per heavy atom. The van der Waals surface area contributed by atoms with Crippen molar-refractivity contribution in [1.82, 2.24) is 9.97 Å². The number of non-ortho nitro benzene ring substituents is 1. The average Bonchev–Trinajstić information content (AvgIpc) is 2.89. The highest BCUT2D eigenvalue weighted by Gasteiger charge is 2.14. The highest BCUT2D eigenvalue weighted by atomic mass is 32.1. The summed E-state index contributed by atoms with van der Waals surface area (Å²) in [6.07, 6.45) is 3.21. The molecule has 0 aliphatic carbocycles. The molecule has 0 radical (unpaired) electrons. The molecule has 21 heavy (non-hydrogen) atoms. The van der Waals surface area contributed by atoms with Crippen molar-refractivity contribution in [2.45, 2.75) is 13.5 Å². The number of hydrogen-bond acceptors (Lipinski definition) is 6. The number of nitrogens with one attached hydrogen (secondary N) is 1. The van der Waals surface area contributed by atoms with E-state index >= 15 is 0 Å². The summed E-state index contributed by atoms with van der Waals surface area (Å²) in [5.74, 6) is 0. The van der Waals surface area contributed by atoms with Crippen molar-refractivity contribution in [2.75, 3.05) is 5.32 Å². The topological polar surface area (TPSA) is 81.0 Å². The first-order valence-corrected chi connectivity index (χ1v) is 7.18. The van der Waals surface area contributed by atoms with Crippen LogP contribution in [-0.2, 0) is 6.54 Å². The molecule has 6 nitrogen and oxygen atoms in total. The number of rotatable bonds is 4. The number of nitro benzene ring substituents is 1. The Kier molecular flexibility index (Phi) is 3.49. The number of benzene rings is 1. The fourth-order valence-corrected chi connectivity index (χ4v) is 2.88. The first-order chi connectivity index (χ1) is 10.2. The Morgan fingerprint density at radius 2 is 2.19 bits per heavy atom. The summed E-state index contributed by atoms with van der Waals surface area (Å²) in [6.45, 7) is 2.60. The van der Waals surface area contributed by atoms with Crippen molar-refractivity contribution < 1.29 is 4.92 Å². The Morgan fingerprint density at radius 1 is 1.33 bits per heavy atom. The highest BCUT2D eigenvalue weighted by Crippen LogP contribution is 2.31. The highest BCUT2D eigenvalue weighted by molar-refractivity contribution is 7.09. The van der Waals surface area contributed by atoms with E-state index in [1.165, 1.54) is 6.07 Å². The van der Waals surface area contributed by atoms with E-state index in [1.807, 2.05) is 12.4 Å². The molecule has 3 aromatic rings. The van der Waals surface area contributed by atoms with Crippen molar-refractivity contribution in [3.8, 4) is 0 Å². The van der Waals surface area contributed by atoms with Crippen molar-refractivity contribution in [3.05, 3.63) is 56.8 Å². The van der Waals surface area contributed by atoms with E-state index in [2.05, 4.69) is 15.3 Å². The van der Waals surface area contributed by atoms with Gasteiger partial charge in [-0.2, -0.15) is 0 Å². The van der Waals surface area contributed by atoms with Gasteiger partial charge in [-0.1, -0.05) is 0 Å². The number of hydrogen-bond donors (Lipinski definition) is 1. The first kappa shape index (κ1) is 13.4. The zero-order valence-electron chi connectivity index (χ0n) is 11.2. The molecule has 0 fully saturated rings. The molecule has 7 heteroatoms. The lowest BCUT2D eigenvalue weighted by Crippen LogP contribution is -2.01. The molecule has 1 N–H and O–H groups in total. The predicted molar refractivity (Wildman–Crippen MR) is 82.6 cm³/mol. The van der Waals surface area contributed by atoms with Gasteiger partial charge in [-0.3, -0.25) is 15.1 Å². The van der Waals surface area contributed by atoms with Crippen LogP contribution in [0.25, 0.3) is 10.8 Å². The Labute approximate surface area is 124 Å². The number of nitrogens with zero attached hydrogens (tertiary/aromatic N) is 3. The van der Waals surface area contributed by atoms with Crippen LogP contribution in [-0.4, -0.2) is 14.9 Å². The van der Waals surface area contributed by atoms with Gasteiger partial charge in [0.05, 0.1) is 28.1 Å². The summed E-state index contributed by atoms with van der Waals surface area (Å²) in [4.78, 5) is 20.1. The van der Waals surface area contributed by atoms with Crippen LogP contribution in [0, 0.1) is 17.0 Å². The molecule has 0 spiro atoms. The molecule has 2 aromatic heterocycles. The summed E-state index contributed by atoms with van der Waals surface area (Å²) < 4.78 is 0. The molecule has 106 valence electrons. The largest absolute Gasteiger partial charge is 0.380 e. The minimum atomic E-state index is -0.376. The number of pyridine rings is 1. The zero-order chi connectivity index (χ0) is 14.8. The maximum absolute atomic E-state index is 11.1. The Hall–Kier alpha value is -2.54. The maximum atomic E-state index is 11.1. The van der Waals surface area contributed by atoms with Gasteiger partial charge < -0.3 is 5.32 Å². The third-order valence-electron chi connectivity index (χ3n) is 3.28. The van der Waals surface area contributed by atoms with E-state index < -0.39 is 0 Å². The minimum absolute atomic E-state index is 0.0897. The predicted octanol–water partition coefficient (Wildman–Crippen LogP) is 3.52. The van der Waals surface area contributed by atoms with Gasteiger partial charge in [-0.15, -0.1) is 11.3 Å². The van der Waals surface area contributed by atoms with E-state index in [0.717, 1.165) is 21.6 Å². The quantitative estimate of drug-likeness (QED) is 0.589. The summed E-state index contributed by atoms with van der Waals surface area (Å²) in [5.41, 5.74) is 3.72. The van der Waals surface area contributed by atoms with Gasteiger partial charge in [0.2, 0.25) is 0 Å². The normalized spacial score (nSPS) is 10.7. The van der Waals surface area contributed by atoms with Crippen LogP contribution in [0.3, 0.4) is 0 Å². The van der Waals surface area contributed by atoms with Crippen LogP contribution in [0.5, 0.6) is 0 Å². The van der Waals surface area contributed by atoms with E-state index in [0.29, 0.717) is 11.9 Å². The van der Waals surface area contributed by atoms with Crippen LogP contribution in [0.15, 0.2) is 36.1 Å². The number of anilines is 1. The van der Waals surface area contributed by atoms with E-state index in [9.17, 15) is 10.1 Å². The second kappa shape index (κ2) is 5.45. The third-order valence-corrected chi connectivity index (χ3v) is 4.21. The fourth-order valence-electron chi connectivity index (χ4n) is 2.16. The lowest BCUT2D eigenvalue weighted by Gasteiger charge is -2.09. The lowest BCUT2D eigenvalue weighted by molar-refractivity contribution is -0.383. The summed E-state index contributed by atoms with van der Waals surface area (Å²) >= 11 is 1.58. The van der Waals surface area contributed by atoms with Crippen molar-refractivity contribution >= 4 is 33.5 Å². The number of aromatic nitrogens is 2. The third kappa shape index (κ3) is 2.55. The maximum Gasteiger partial charge on any atom is 0.277 e. The van der Waals surface area contributed by atoms with Gasteiger partial charge in [0.15, 0.2) is 0 Å². The molecule has 0 unspecified atom stereocenters. The molecule has 0 aliphatic heterocycles. The summed E-state index contributed by atoms with van der Waals surface area (Å²) in [5, 5.41) is 15.7. The molecule has 0 atom stereocenters. The summed E-state index contributed by atoms with van der Waals surface area (Å²) in [7, 11) is 0. The van der Waals surface area contributed by atoms with Gasteiger partial charge in [0.25, 0.3) is 5.69 Å². The van der Waals surface area contributed by atoms with Gasteiger partial charge in [0.1, 0.15) is 0 Å². The van der Waals surface area contributed by atoms with E-state index in [1.54, 1.807) is 35.9 Å². The van der Waals surface area contributed by atoms with E-state index in [-0.39, 0.29) is 10.6 Å². The second-order valence-electron chi connectivity index (χ2n) is 4.53. The standard InChI is InChI=1S/C14H12N4O2S/c1-9-14(21-8-17-9)7-16-12-2-3-13(18(19)20)10-4-5-15-6-11(10)12/h2-6,8,16H,7H2,1H3. The molecule has 3 rings (SSSR count). The molecule has 0 saturated heterocycles. The summed E-state index contributed by atoms with van der Waals surface area (Å²) in [6, 6.07) is 4.90. The zero-order valence-corrected chi connectivity index (χ0v) is 12.1. The molecule has 1 aromatic carbocycles. The van der Waals surface area contributed by atoms with Gasteiger partial charge >= 0.3 is 0 Å². The van der Waals surface area contributed by atoms with Crippen LogP contribution in [0.4, 0.5) is 11.4 Å². The minimum Gasteiger partial charge on any atom is -0.380 e. The van der Waals surface area contributed by atoms with Crippen molar-refractivity contribution in [1.29, 1.82) is 0 Å². The molecular formula is C14H12N4O2S. The second-order valence-corrected chi connectivity index (χ2v) is 5.46. The van der Waals surface area contributed by atoms with Gasteiger partial charge in [-0.05, 0) is 19.1 Å². The Balaban J connectivity index is 1.98. The molecule has 0 aliphatic rings. The fraction of sp³-hybridized carbons (Fsp3) is 0.143. The van der Waals surface area contributed by atoms with Crippen LogP contribution in [0.1, 0.15) is 10.6 Å². The van der Waals surface area contributed by atoms with Crippen molar-refractivity contribution in [3.63, 3.8) is 0 Å². The SMILES string of the molecule is Cc1ncsc1CNc1ccc([N+](=O)[O-])c2ccncc12. The van der Waals surface area contributed by atoms with Gasteiger partial charge in [-0.25, -0.2) is 4.98 Å². The monoisotopic (exact) mass is 300 g/mol. The van der Waals surface area contributed by atoms with Gasteiger partial charge in [0, 0.05) is 34.4 Å².